The predicted molar refractivity (Wildman–Crippen MR) is 95.8 cm³/mol. The molecular weight excluding hydrogens is 304 g/mol. The summed E-state index contributed by atoms with van der Waals surface area (Å²) in [6, 6.07) is 16.6. The zero-order valence-electron chi connectivity index (χ0n) is 14.4. The van der Waals surface area contributed by atoms with Crippen molar-refractivity contribution in [1.82, 2.24) is 10.0 Å². The third-order valence-electron chi connectivity index (χ3n) is 4.07. The van der Waals surface area contributed by atoms with Gasteiger partial charge < -0.3 is 9.84 Å². The van der Waals surface area contributed by atoms with Gasteiger partial charge in [0.15, 0.2) is 5.69 Å². The highest BCUT2D eigenvalue weighted by Gasteiger charge is 2.31. The number of methoxy groups -OCH3 is 1. The molecule has 2 N–H and O–H groups in total. The van der Waals surface area contributed by atoms with Gasteiger partial charge in [-0.15, -0.1) is 0 Å². The fourth-order valence-electron chi connectivity index (χ4n) is 2.55. The van der Waals surface area contributed by atoms with Crippen molar-refractivity contribution in [3.05, 3.63) is 60.2 Å². The van der Waals surface area contributed by atoms with Crippen molar-refractivity contribution in [3.8, 4) is 5.75 Å². The third-order valence-corrected chi connectivity index (χ3v) is 4.07. The van der Waals surface area contributed by atoms with Crippen LogP contribution in [0.1, 0.15) is 23.7 Å². The molecule has 0 aromatic heterocycles. The van der Waals surface area contributed by atoms with E-state index in [1.807, 2.05) is 44.3 Å². The summed E-state index contributed by atoms with van der Waals surface area (Å²) in [6.07, 6.45) is 0.116. The van der Waals surface area contributed by atoms with Gasteiger partial charge in [0.2, 0.25) is 0 Å². The third kappa shape index (κ3) is 4.34. The van der Waals surface area contributed by atoms with Gasteiger partial charge in [0, 0.05) is 17.7 Å². The molecule has 2 aromatic carbocycles. The summed E-state index contributed by atoms with van der Waals surface area (Å²) in [5, 5.41) is 10.1. The van der Waals surface area contributed by atoms with Crippen molar-refractivity contribution in [1.29, 1.82) is 0 Å². The summed E-state index contributed by atoms with van der Waals surface area (Å²) in [6.45, 7) is 2.31. The summed E-state index contributed by atoms with van der Waals surface area (Å²) < 4.78 is 5.24. The molecule has 2 unspecified atom stereocenters. The fourth-order valence-corrected chi connectivity index (χ4v) is 2.55. The number of carbonyl (C=O) groups is 1. The van der Waals surface area contributed by atoms with Gasteiger partial charge in [-0.05, 0) is 30.7 Å². The van der Waals surface area contributed by atoms with Crippen LogP contribution >= 0.6 is 0 Å². The number of para-hydroxylation sites is 1. The van der Waals surface area contributed by atoms with E-state index in [1.165, 1.54) is 0 Å². The highest BCUT2D eigenvalue weighted by Crippen LogP contribution is 2.20. The van der Waals surface area contributed by atoms with Crippen LogP contribution in [-0.2, 0) is 0 Å². The van der Waals surface area contributed by atoms with Gasteiger partial charge in [0.05, 0.1) is 14.2 Å². The molecule has 0 saturated heterocycles. The van der Waals surface area contributed by atoms with E-state index < -0.39 is 6.10 Å². The average molecular weight is 329 g/mol. The van der Waals surface area contributed by atoms with E-state index in [9.17, 15) is 9.90 Å². The Bertz CT molecular complexity index is 658. The molecule has 5 nitrogen and oxygen atoms in total. The molecule has 0 aliphatic heterocycles. The highest BCUT2D eigenvalue weighted by molar-refractivity contribution is 5.94. The van der Waals surface area contributed by atoms with Crippen LogP contribution in [0.2, 0.25) is 0 Å². The van der Waals surface area contributed by atoms with Crippen LogP contribution < -0.4 is 14.8 Å². The first-order valence-electron chi connectivity index (χ1n) is 8.04. The Hall–Kier alpha value is -2.37. The summed E-state index contributed by atoms with van der Waals surface area (Å²) in [7, 11) is 3.47. The normalized spacial score (nSPS) is 14.5. The SMILES string of the molecule is CCC(O)C[N+](C)(NC(=O)c1ccc(OC)cc1)c1ccccc1. The molecule has 2 rings (SSSR count). The summed E-state index contributed by atoms with van der Waals surface area (Å²) in [5.41, 5.74) is 4.48. The average Bonchev–Trinajstić information content (AvgIpc) is 2.62. The van der Waals surface area contributed by atoms with Gasteiger partial charge >= 0.3 is 0 Å². The number of nitrogens with one attached hydrogen (secondary N) is 1. The number of rotatable bonds is 7. The molecule has 0 heterocycles. The quantitative estimate of drug-likeness (QED) is 0.606. The van der Waals surface area contributed by atoms with E-state index in [-0.39, 0.29) is 10.5 Å². The van der Waals surface area contributed by atoms with Gasteiger partial charge in [-0.2, -0.15) is 10.0 Å². The Balaban J connectivity index is 2.25. The largest absolute Gasteiger partial charge is 0.497 e. The number of amides is 1. The lowest BCUT2D eigenvalue weighted by Crippen LogP contribution is -2.61. The van der Waals surface area contributed by atoms with Crippen LogP contribution in [0.5, 0.6) is 5.75 Å². The second-order valence-corrected chi connectivity index (χ2v) is 5.94. The van der Waals surface area contributed by atoms with E-state index in [1.54, 1.807) is 31.4 Å². The van der Waals surface area contributed by atoms with Gasteiger partial charge in [0.1, 0.15) is 18.4 Å². The van der Waals surface area contributed by atoms with Crippen LogP contribution in [0, 0.1) is 0 Å². The first-order chi connectivity index (χ1) is 11.5. The monoisotopic (exact) mass is 329 g/mol. The van der Waals surface area contributed by atoms with Crippen molar-refractivity contribution in [2.24, 2.45) is 0 Å². The Kier molecular flexibility index (Phi) is 5.95. The number of carbonyl (C=O) groups excluding carboxylic acids is 1. The number of hydrogen-bond acceptors (Lipinski definition) is 3. The van der Waals surface area contributed by atoms with Crippen molar-refractivity contribution in [2.45, 2.75) is 19.4 Å². The molecule has 24 heavy (non-hydrogen) atoms. The maximum Gasteiger partial charge on any atom is 0.296 e. The van der Waals surface area contributed by atoms with Crippen molar-refractivity contribution in [3.63, 3.8) is 0 Å². The first-order valence-corrected chi connectivity index (χ1v) is 8.04. The lowest BCUT2D eigenvalue weighted by atomic mass is 10.2. The van der Waals surface area contributed by atoms with Crippen LogP contribution in [0.15, 0.2) is 54.6 Å². The molecule has 128 valence electrons. The number of likely N-dealkylation sites (N-methyl/N-ethyl adjacent to an activating group) is 1. The molecule has 0 bridgehead atoms. The molecular formula is C19H25N2O3+. The number of quaternary nitrogens is 1. The van der Waals surface area contributed by atoms with E-state index in [2.05, 4.69) is 5.43 Å². The van der Waals surface area contributed by atoms with E-state index in [4.69, 9.17) is 4.74 Å². The van der Waals surface area contributed by atoms with E-state index >= 15 is 0 Å². The standard InChI is InChI=1S/C19H24N2O3/c1-4-17(22)14-21(2,16-8-6-5-7-9-16)20-19(23)15-10-12-18(24-3)13-11-15/h5-13,17,22H,4,14H2,1-3H3/p+1. The smallest absolute Gasteiger partial charge is 0.296 e. The Morgan fingerprint density at radius 1 is 1.17 bits per heavy atom. The molecule has 1 amide bonds. The molecule has 0 spiro atoms. The minimum atomic E-state index is -0.508. The van der Waals surface area contributed by atoms with E-state index in [0.717, 1.165) is 5.69 Å². The maximum absolute atomic E-state index is 12.7. The van der Waals surface area contributed by atoms with Crippen LogP contribution in [0.4, 0.5) is 5.69 Å². The van der Waals surface area contributed by atoms with Crippen LogP contribution in [0.25, 0.3) is 0 Å². The Labute approximate surface area is 143 Å². The molecule has 0 aliphatic rings. The maximum atomic E-state index is 12.7. The van der Waals surface area contributed by atoms with Crippen molar-refractivity contribution in [2.75, 3.05) is 20.7 Å². The van der Waals surface area contributed by atoms with Crippen LogP contribution in [0.3, 0.4) is 0 Å². The minimum absolute atomic E-state index is 0.126. The first kappa shape index (κ1) is 18.0. The minimum Gasteiger partial charge on any atom is -0.497 e. The molecule has 0 aliphatic carbocycles. The van der Waals surface area contributed by atoms with Crippen LogP contribution in [-0.4, -0.2) is 37.8 Å². The zero-order valence-corrected chi connectivity index (χ0v) is 14.4. The molecule has 0 saturated carbocycles. The lowest BCUT2D eigenvalue weighted by Gasteiger charge is -2.34. The second-order valence-electron chi connectivity index (χ2n) is 5.94. The Morgan fingerprint density at radius 3 is 2.33 bits per heavy atom. The summed E-state index contributed by atoms with van der Waals surface area (Å²) in [5.74, 6) is 0.501. The van der Waals surface area contributed by atoms with Crippen molar-refractivity contribution >= 4 is 11.6 Å². The van der Waals surface area contributed by atoms with Gasteiger partial charge in [-0.1, -0.05) is 25.1 Å². The summed E-state index contributed by atoms with van der Waals surface area (Å²) in [4.78, 5) is 12.7. The number of benzene rings is 2. The van der Waals surface area contributed by atoms with Crippen molar-refractivity contribution < 1.29 is 14.6 Å². The molecule has 5 heteroatoms. The summed E-state index contributed by atoms with van der Waals surface area (Å²) >= 11 is 0. The van der Waals surface area contributed by atoms with Gasteiger partial charge in [0.25, 0.3) is 5.91 Å². The number of aliphatic hydroxyl groups excluding tert-OH is 1. The second kappa shape index (κ2) is 7.95. The molecule has 0 radical (unpaired) electrons. The molecule has 0 fully saturated rings. The number of ether oxygens (including phenoxy) is 1. The van der Waals surface area contributed by atoms with Gasteiger partial charge in [-0.25, -0.2) is 0 Å². The zero-order chi connectivity index (χ0) is 17.6. The molecule has 2 aromatic rings. The number of nitrogens with zero attached hydrogens (tertiary/aromatic N) is 1. The van der Waals surface area contributed by atoms with Gasteiger partial charge in [-0.3, -0.25) is 4.79 Å². The molecule has 2 atom stereocenters. The lowest BCUT2D eigenvalue weighted by molar-refractivity contribution is 0.0704. The van der Waals surface area contributed by atoms with E-state index in [0.29, 0.717) is 24.3 Å². The fraction of sp³-hybridized carbons (Fsp3) is 0.316. The number of hydrogen-bond donors (Lipinski definition) is 2. The predicted octanol–water partition coefficient (Wildman–Crippen LogP) is 2.75. The topological polar surface area (TPSA) is 58.6 Å². The highest BCUT2D eigenvalue weighted by atomic mass is 16.5. The number of aliphatic hydroxyl groups is 1. The Morgan fingerprint density at radius 2 is 1.79 bits per heavy atom.